The fourth-order valence-corrected chi connectivity index (χ4v) is 3.73. The molecule has 0 spiro atoms. The molecule has 0 unspecified atom stereocenters. The normalized spacial score (nSPS) is 18.5. The predicted octanol–water partition coefficient (Wildman–Crippen LogP) is 1.92. The van der Waals surface area contributed by atoms with Gasteiger partial charge in [-0.1, -0.05) is 30.6 Å². The van der Waals surface area contributed by atoms with Gasteiger partial charge in [-0.2, -0.15) is 11.8 Å². The van der Waals surface area contributed by atoms with E-state index in [1.165, 1.54) is 32.1 Å². The molecule has 5 nitrogen and oxygen atoms in total. The van der Waals surface area contributed by atoms with E-state index in [2.05, 4.69) is 21.8 Å². The van der Waals surface area contributed by atoms with Crippen LogP contribution in [0.25, 0.3) is 0 Å². The summed E-state index contributed by atoms with van der Waals surface area (Å²) in [5, 5.41) is 11.0. The molecule has 3 N–H and O–H groups in total. The molecule has 0 bridgehead atoms. The molecule has 100 valence electrons. The minimum Gasteiger partial charge on any atom is -0.374 e. The summed E-state index contributed by atoms with van der Waals surface area (Å²) in [5.41, 5.74) is 5.47. The summed E-state index contributed by atoms with van der Waals surface area (Å²) in [5.74, 6) is -0.164. The molecule has 18 heavy (non-hydrogen) atoms. The largest absolute Gasteiger partial charge is 0.374 e. The first-order valence-electron chi connectivity index (χ1n) is 6.07. The van der Waals surface area contributed by atoms with E-state index in [1.54, 1.807) is 0 Å². The van der Waals surface area contributed by atoms with Crippen LogP contribution < -0.4 is 11.1 Å². The van der Waals surface area contributed by atoms with Crippen LogP contribution in [0.15, 0.2) is 0 Å². The maximum absolute atomic E-state index is 11.9. The average molecular weight is 286 g/mol. The first-order chi connectivity index (χ1) is 8.65. The summed E-state index contributed by atoms with van der Waals surface area (Å²) in [6.07, 6.45) is 8.29. The van der Waals surface area contributed by atoms with Crippen LogP contribution in [-0.2, 0) is 0 Å². The Bertz CT molecular complexity index is 415. The van der Waals surface area contributed by atoms with Gasteiger partial charge in [0.15, 0.2) is 0 Å². The van der Waals surface area contributed by atoms with Gasteiger partial charge in [-0.15, -0.1) is 10.2 Å². The molecule has 0 aliphatic heterocycles. The lowest BCUT2D eigenvalue weighted by atomic mass is 9.88. The third kappa shape index (κ3) is 3.14. The Morgan fingerprint density at radius 3 is 2.72 bits per heavy atom. The SMILES string of the molecule is CSC1(CNC(=O)c2nnc(N)s2)CCCCC1. The van der Waals surface area contributed by atoms with Crippen molar-refractivity contribution in [3.05, 3.63) is 5.01 Å². The molecule has 1 aliphatic carbocycles. The quantitative estimate of drug-likeness (QED) is 0.883. The summed E-state index contributed by atoms with van der Waals surface area (Å²) >= 11 is 2.99. The topological polar surface area (TPSA) is 80.9 Å². The first kappa shape index (κ1) is 13.6. The van der Waals surface area contributed by atoms with Crippen molar-refractivity contribution in [1.29, 1.82) is 0 Å². The van der Waals surface area contributed by atoms with E-state index < -0.39 is 0 Å². The van der Waals surface area contributed by atoms with E-state index in [0.29, 0.717) is 16.7 Å². The molecule has 0 saturated heterocycles. The van der Waals surface area contributed by atoms with Gasteiger partial charge in [-0.05, 0) is 19.1 Å². The Morgan fingerprint density at radius 1 is 1.44 bits per heavy atom. The van der Waals surface area contributed by atoms with Gasteiger partial charge >= 0.3 is 0 Å². The molecule has 0 radical (unpaired) electrons. The van der Waals surface area contributed by atoms with Gasteiger partial charge in [-0.3, -0.25) is 4.79 Å². The number of hydrogen-bond acceptors (Lipinski definition) is 6. The fraction of sp³-hybridized carbons (Fsp3) is 0.727. The predicted molar refractivity (Wildman–Crippen MR) is 76.0 cm³/mol. The van der Waals surface area contributed by atoms with Gasteiger partial charge in [0.05, 0.1) is 0 Å². The molecule has 0 aromatic carbocycles. The van der Waals surface area contributed by atoms with Crippen LogP contribution in [-0.4, -0.2) is 33.7 Å². The number of anilines is 1. The van der Waals surface area contributed by atoms with E-state index in [9.17, 15) is 4.79 Å². The molecule has 1 fully saturated rings. The van der Waals surface area contributed by atoms with Crippen molar-refractivity contribution in [2.24, 2.45) is 0 Å². The van der Waals surface area contributed by atoms with Crippen molar-refractivity contribution >= 4 is 34.1 Å². The van der Waals surface area contributed by atoms with Gasteiger partial charge in [-0.25, -0.2) is 0 Å². The number of carbonyl (C=O) groups excluding carboxylic acids is 1. The second-order valence-corrected chi connectivity index (χ2v) is 6.86. The summed E-state index contributed by atoms with van der Waals surface area (Å²) in [6.45, 7) is 0.701. The monoisotopic (exact) mass is 286 g/mol. The molecule has 2 rings (SSSR count). The molecule has 1 aromatic rings. The molecule has 1 heterocycles. The van der Waals surface area contributed by atoms with Crippen LogP contribution in [0.2, 0.25) is 0 Å². The molecule has 7 heteroatoms. The number of nitrogens with one attached hydrogen (secondary N) is 1. The zero-order valence-electron chi connectivity index (χ0n) is 10.4. The number of amides is 1. The third-order valence-electron chi connectivity index (χ3n) is 3.40. The highest BCUT2D eigenvalue weighted by Crippen LogP contribution is 2.37. The Kier molecular flexibility index (Phi) is 4.45. The summed E-state index contributed by atoms with van der Waals surface area (Å²) in [4.78, 5) is 11.9. The van der Waals surface area contributed by atoms with E-state index in [4.69, 9.17) is 5.73 Å². The highest BCUT2D eigenvalue weighted by molar-refractivity contribution is 8.00. The zero-order valence-corrected chi connectivity index (χ0v) is 12.1. The minimum atomic E-state index is -0.164. The van der Waals surface area contributed by atoms with Crippen molar-refractivity contribution in [3.8, 4) is 0 Å². The van der Waals surface area contributed by atoms with E-state index in [1.807, 2.05) is 11.8 Å². The van der Waals surface area contributed by atoms with Crippen molar-refractivity contribution in [2.45, 2.75) is 36.9 Å². The van der Waals surface area contributed by atoms with Crippen LogP contribution in [0.4, 0.5) is 5.13 Å². The molecule has 1 saturated carbocycles. The number of carbonyl (C=O) groups is 1. The summed E-state index contributed by atoms with van der Waals surface area (Å²) < 4.78 is 0.199. The number of rotatable bonds is 4. The standard InChI is InChI=1S/C11H18N4OS2/c1-17-11(5-3-2-4-6-11)7-13-8(16)9-14-15-10(12)18-9/h2-7H2,1H3,(H2,12,15)(H,13,16). The number of thioether (sulfide) groups is 1. The van der Waals surface area contributed by atoms with Gasteiger partial charge in [0.25, 0.3) is 5.91 Å². The van der Waals surface area contributed by atoms with Crippen LogP contribution in [0.1, 0.15) is 41.9 Å². The highest BCUT2D eigenvalue weighted by atomic mass is 32.2. The zero-order chi connectivity index (χ0) is 13.0. The lowest BCUT2D eigenvalue weighted by Gasteiger charge is -2.35. The van der Waals surface area contributed by atoms with E-state index in [-0.39, 0.29) is 10.7 Å². The van der Waals surface area contributed by atoms with Crippen LogP contribution >= 0.6 is 23.1 Å². The molecule has 1 aliphatic rings. The number of hydrogen-bond donors (Lipinski definition) is 2. The maximum Gasteiger partial charge on any atom is 0.282 e. The van der Waals surface area contributed by atoms with Crippen LogP contribution in [0.3, 0.4) is 0 Å². The van der Waals surface area contributed by atoms with E-state index in [0.717, 1.165) is 11.3 Å². The minimum absolute atomic E-state index is 0.164. The van der Waals surface area contributed by atoms with Crippen molar-refractivity contribution in [3.63, 3.8) is 0 Å². The van der Waals surface area contributed by atoms with Crippen LogP contribution in [0.5, 0.6) is 0 Å². The van der Waals surface area contributed by atoms with Crippen molar-refractivity contribution < 1.29 is 4.79 Å². The van der Waals surface area contributed by atoms with Gasteiger partial charge in [0.1, 0.15) is 0 Å². The average Bonchev–Trinajstić information content (AvgIpc) is 2.84. The maximum atomic E-state index is 11.9. The Hall–Kier alpha value is -0.820. The van der Waals surface area contributed by atoms with Gasteiger partial charge < -0.3 is 11.1 Å². The van der Waals surface area contributed by atoms with Gasteiger partial charge in [0, 0.05) is 11.3 Å². The second kappa shape index (κ2) is 5.88. The molecule has 1 aromatic heterocycles. The third-order valence-corrected chi connectivity index (χ3v) is 5.57. The number of nitrogens with two attached hydrogens (primary N) is 1. The molecular weight excluding hydrogens is 268 g/mol. The fourth-order valence-electron chi connectivity index (χ4n) is 2.29. The Labute approximate surface area is 115 Å². The highest BCUT2D eigenvalue weighted by Gasteiger charge is 2.31. The molecule has 1 amide bonds. The lowest BCUT2D eigenvalue weighted by Crippen LogP contribution is -2.41. The number of nitrogens with zero attached hydrogens (tertiary/aromatic N) is 2. The smallest absolute Gasteiger partial charge is 0.282 e. The summed E-state index contributed by atoms with van der Waals surface area (Å²) in [6, 6.07) is 0. The van der Waals surface area contributed by atoms with E-state index >= 15 is 0 Å². The Morgan fingerprint density at radius 2 is 2.17 bits per heavy atom. The van der Waals surface area contributed by atoms with Crippen LogP contribution in [0, 0.1) is 0 Å². The second-order valence-electron chi connectivity index (χ2n) is 4.58. The van der Waals surface area contributed by atoms with Crippen molar-refractivity contribution in [1.82, 2.24) is 15.5 Å². The molecule has 0 atom stereocenters. The summed E-state index contributed by atoms with van der Waals surface area (Å²) in [7, 11) is 0. The number of aromatic nitrogens is 2. The first-order valence-corrected chi connectivity index (χ1v) is 8.12. The lowest BCUT2D eigenvalue weighted by molar-refractivity contribution is 0.0946. The van der Waals surface area contributed by atoms with Gasteiger partial charge in [0.2, 0.25) is 10.1 Å². The van der Waals surface area contributed by atoms with Crippen molar-refractivity contribution in [2.75, 3.05) is 18.5 Å². The Balaban J connectivity index is 1.91. The number of nitrogen functional groups attached to an aromatic ring is 1. The molecular formula is C11H18N4OS2.